The largest absolute Gasteiger partial charge is 0.497 e. The van der Waals surface area contributed by atoms with Crippen LogP contribution in [0, 0.1) is 5.82 Å². The van der Waals surface area contributed by atoms with E-state index in [4.69, 9.17) is 9.47 Å². The standard InChI is InChI=1S/C27H30FN3O4S/c1-34-23-16-21(17-24(18-23)35-2)26(32)30-12-9-29(10-13-30)11-14-31(27(33)25-4-3-15-36-25)19-20-5-7-22(28)8-6-20/h3-8,15-18H,9-14,19H2,1-2H3. The van der Waals surface area contributed by atoms with Crippen LogP contribution in [-0.4, -0.2) is 80.0 Å². The van der Waals surface area contributed by atoms with E-state index in [0.29, 0.717) is 67.8 Å². The number of carbonyl (C=O) groups excluding carboxylic acids is 2. The van der Waals surface area contributed by atoms with E-state index in [0.717, 1.165) is 5.56 Å². The van der Waals surface area contributed by atoms with Crippen molar-refractivity contribution in [3.8, 4) is 11.5 Å². The molecule has 1 fully saturated rings. The molecule has 0 saturated carbocycles. The lowest BCUT2D eigenvalue weighted by Gasteiger charge is -2.36. The molecule has 0 spiro atoms. The first-order valence-electron chi connectivity index (χ1n) is 11.8. The topological polar surface area (TPSA) is 62.3 Å². The summed E-state index contributed by atoms with van der Waals surface area (Å²) in [5.74, 6) is 0.767. The van der Waals surface area contributed by atoms with Gasteiger partial charge >= 0.3 is 0 Å². The molecule has 1 aromatic heterocycles. The molecule has 0 N–H and O–H groups in total. The van der Waals surface area contributed by atoms with Crippen LogP contribution in [0.3, 0.4) is 0 Å². The number of piperazine rings is 1. The molecule has 7 nitrogen and oxygen atoms in total. The molecule has 0 bridgehead atoms. The van der Waals surface area contributed by atoms with E-state index in [1.807, 2.05) is 22.4 Å². The van der Waals surface area contributed by atoms with E-state index in [-0.39, 0.29) is 17.6 Å². The molecule has 190 valence electrons. The van der Waals surface area contributed by atoms with Gasteiger partial charge in [-0.1, -0.05) is 18.2 Å². The Kier molecular flexibility index (Phi) is 8.56. The number of halogens is 1. The van der Waals surface area contributed by atoms with E-state index in [1.54, 1.807) is 49.5 Å². The summed E-state index contributed by atoms with van der Waals surface area (Å²) in [7, 11) is 3.12. The molecule has 1 saturated heterocycles. The Hall–Kier alpha value is -3.43. The van der Waals surface area contributed by atoms with Crippen molar-refractivity contribution in [3.63, 3.8) is 0 Å². The highest BCUT2D eigenvalue weighted by molar-refractivity contribution is 7.12. The number of carbonyl (C=O) groups is 2. The van der Waals surface area contributed by atoms with Crippen molar-refractivity contribution in [1.82, 2.24) is 14.7 Å². The molecule has 2 heterocycles. The lowest BCUT2D eigenvalue weighted by Crippen LogP contribution is -2.50. The second-order valence-corrected chi connectivity index (χ2v) is 9.51. The number of hydrogen-bond acceptors (Lipinski definition) is 6. The van der Waals surface area contributed by atoms with Gasteiger partial charge in [-0.3, -0.25) is 14.5 Å². The molecular formula is C27H30FN3O4S. The smallest absolute Gasteiger partial charge is 0.264 e. The zero-order valence-corrected chi connectivity index (χ0v) is 21.3. The molecule has 0 aliphatic carbocycles. The molecule has 1 aliphatic heterocycles. The summed E-state index contributed by atoms with van der Waals surface area (Å²) < 4.78 is 23.9. The zero-order chi connectivity index (χ0) is 25.5. The molecule has 1 aliphatic rings. The minimum atomic E-state index is -0.297. The van der Waals surface area contributed by atoms with Crippen LogP contribution in [0.1, 0.15) is 25.6 Å². The van der Waals surface area contributed by atoms with Crippen molar-refractivity contribution < 1.29 is 23.5 Å². The first kappa shape index (κ1) is 25.7. The van der Waals surface area contributed by atoms with Gasteiger partial charge in [0.05, 0.1) is 19.1 Å². The molecule has 9 heteroatoms. The molecule has 2 amide bonds. The van der Waals surface area contributed by atoms with Crippen LogP contribution in [0.5, 0.6) is 11.5 Å². The summed E-state index contributed by atoms with van der Waals surface area (Å²) in [6.07, 6.45) is 0. The normalized spacial score (nSPS) is 13.9. The summed E-state index contributed by atoms with van der Waals surface area (Å²) >= 11 is 1.41. The van der Waals surface area contributed by atoms with E-state index in [2.05, 4.69) is 4.90 Å². The number of thiophene rings is 1. The highest BCUT2D eigenvalue weighted by Crippen LogP contribution is 2.24. The Morgan fingerprint density at radius 1 is 0.972 bits per heavy atom. The average Bonchev–Trinajstić information content (AvgIpc) is 3.46. The van der Waals surface area contributed by atoms with Crippen LogP contribution in [0.4, 0.5) is 4.39 Å². The summed E-state index contributed by atoms with van der Waals surface area (Å²) in [4.78, 5) is 32.8. The lowest BCUT2D eigenvalue weighted by molar-refractivity contribution is 0.0599. The fourth-order valence-corrected chi connectivity index (χ4v) is 4.86. The number of amides is 2. The summed E-state index contributed by atoms with van der Waals surface area (Å²) in [6.45, 7) is 4.24. The van der Waals surface area contributed by atoms with Gasteiger partial charge in [-0.25, -0.2) is 4.39 Å². The Morgan fingerprint density at radius 2 is 1.64 bits per heavy atom. The molecule has 3 aromatic rings. The first-order valence-corrected chi connectivity index (χ1v) is 12.7. The summed E-state index contributed by atoms with van der Waals surface area (Å²) in [6, 6.07) is 15.1. The average molecular weight is 512 g/mol. The number of methoxy groups -OCH3 is 2. The van der Waals surface area contributed by atoms with Crippen LogP contribution in [0.15, 0.2) is 60.0 Å². The fraction of sp³-hybridized carbons (Fsp3) is 0.333. The Morgan fingerprint density at radius 3 is 2.22 bits per heavy atom. The molecule has 0 atom stereocenters. The van der Waals surface area contributed by atoms with Gasteiger partial charge < -0.3 is 19.3 Å². The van der Waals surface area contributed by atoms with Crippen LogP contribution >= 0.6 is 11.3 Å². The maximum atomic E-state index is 13.3. The van der Waals surface area contributed by atoms with Gasteiger partial charge in [0.15, 0.2) is 0 Å². The fourth-order valence-electron chi connectivity index (χ4n) is 4.17. The Balaban J connectivity index is 1.35. The summed E-state index contributed by atoms with van der Waals surface area (Å²) in [5.41, 5.74) is 1.41. The van der Waals surface area contributed by atoms with E-state index < -0.39 is 0 Å². The van der Waals surface area contributed by atoms with Gasteiger partial charge in [-0.2, -0.15) is 0 Å². The first-order chi connectivity index (χ1) is 17.5. The van der Waals surface area contributed by atoms with Crippen LogP contribution in [0.2, 0.25) is 0 Å². The highest BCUT2D eigenvalue weighted by atomic mass is 32.1. The minimum absolute atomic E-state index is 0.0323. The van der Waals surface area contributed by atoms with Crippen LogP contribution in [0.25, 0.3) is 0 Å². The van der Waals surface area contributed by atoms with Crippen molar-refractivity contribution in [1.29, 1.82) is 0 Å². The van der Waals surface area contributed by atoms with Crippen LogP contribution < -0.4 is 9.47 Å². The third-order valence-corrected chi connectivity index (χ3v) is 7.11. The molecule has 0 unspecified atom stereocenters. The predicted octanol–water partition coefficient (Wildman–Crippen LogP) is 4.00. The van der Waals surface area contributed by atoms with Gasteiger partial charge in [0.1, 0.15) is 17.3 Å². The molecule has 4 rings (SSSR count). The van der Waals surface area contributed by atoms with Crippen LogP contribution in [-0.2, 0) is 6.54 Å². The molecule has 2 aromatic carbocycles. The van der Waals surface area contributed by atoms with Crippen molar-refractivity contribution >= 4 is 23.2 Å². The Bertz CT molecular complexity index is 1140. The highest BCUT2D eigenvalue weighted by Gasteiger charge is 2.24. The quantitative estimate of drug-likeness (QED) is 0.435. The maximum absolute atomic E-state index is 13.3. The second-order valence-electron chi connectivity index (χ2n) is 8.57. The van der Waals surface area contributed by atoms with Gasteiger partial charge in [-0.15, -0.1) is 11.3 Å². The van der Waals surface area contributed by atoms with Crippen molar-refractivity contribution in [2.75, 3.05) is 53.5 Å². The number of nitrogens with zero attached hydrogens (tertiary/aromatic N) is 3. The Labute approximate surface area is 214 Å². The van der Waals surface area contributed by atoms with Crippen molar-refractivity contribution in [2.45, 2.75) is 6.54 Å². The van der Waals surface area contributed by atoms with Gasteiger partial charge in [0, 0.05) is 57.4 Å². The lowest BCUT2D eigenvalue weighted by atomic mass is 10.1. The monoisotopic (exact) mass is 511 g/mol. The van der Waals surface area contributed by atoms with Gasteiger partial charge in [-0.05, 0) is 41.3 Å². The van der Waals surface area contributed by atoms with E-state index in [9.17, 15) is 14.0 Å². The van der Waals surface area contributed by atoms with Crippen molar-refractivity contribution in [3.05, 3.63) is 81.8 Å². The molecule has 36 heavy (non-hydrogen) atoms. The third kappa shape index (κ3) is 6.41. The predicted molar refractivity (Wildman–Crippen MR) is 137 cm³/mol. The minimum Gasteiger partial charge on any atom is -0.497 e. The van der Waals surface area contributed by atoms with Crippen molar-refractivity contribution in [2.24, 2.45) is 0 Å². The van der Waals surface area contributed by atoms with E-state index >= 15 is 0 Å². The maximum Gasteiger partial charge on any atom is 0.264 e. The number of rotatable bonds is 9. The SMILES string of the molecule is COc1cc(OC)cc(C(=O)N2CCN(CCN(Cc3ccc(F)cc3)C(=O)c3cccs3)CC2)c1. The van der Waals surface area contributed by atoms with Gasteiger partial charge in [0.25, 0.3) is 11.8 Å². The zero-order valence-electron chi connectivity index (χ0n) is 20.5. The molecular weight excluding hydrogens is 481 g/mol. The van der Waals surface area contributed by atoms with Gasteiger partial charge in [0.2, 0.25) is 0 Å². The number of ether oxygens (including phenoxy) is 2. The number of hydrogen-bond donors (Lipinski definition) is 0. The summed E-state index contributed by atoms with van der Waals surface area (Å²) in [5, 5.41) is 1.89. The molecule has 0 radical (unpaired) electrons. The van der Waals surface area contributed by atoms with E-state index in [1.165, 1.54) is 23.5 Å². The third-order valence-electron chi connectivity index (χ3n) is 6.25. The number of benzene rings is 2. The second kappa shape index (κ2) is 12.0.